The van der Waals surface area contributed by atoms with Crippen LogP contribution in [-0.2, 0) is 19.2 Å². The minimum atomic E-state index is -1.11. The van der Waals surface area contributed by atoms with E-state index in [4.69, 9.17) is 11.5 Å². The van der Waals surface area contributed by atoms with E-state index in [-0.39, 0.29) is 12.3 Å². The fraction of sp³-hybridized carbons (Fsp3) is 0.733. The summed E-state index contributed by atoms with van der Waals surface area (Å²) in [6.07, 6.45) is 1.32. The zero-order valence-corrected chi connectivity index (χ0v) is 14.0. The second kappa shape index (κ2) is 8.62. The van der Waals surface area contributed by atoms with Gasteiger partial charge in [0.1, 0.15) is 12.1 Å². The average molecular weight is 342 g/mol. The summed E-state index contributed by atoms with van der Waals surface area (Å²) in [6, 6.07) is -2.89. The number of likely N-dealkylation sites (tertiary alicyclic amines) is 1. The van der Waals surface area contributed by atoms with Gasteiger partial charge in [0.15, 0.2) is 0 Å². The second-order valence-electron chi connectivity index (χ2n) is 6.18. The van der Waals surface area contributed by atoms with Gasteiger partial charge in [0, 0.05) is 6.54 Å². The average Bonchev–Trinajstić information content (AvgIpc) is 2.99. The summed E-state index contributed by atoms with van der Waals surface area (Å²) >= 11 is 0. The molecule has 4 atom stereocenters. The van der Waals surface area contributed by atoms with E-state index in [2.05, 4.69) is 5.32 Å². The molecule has 0 aromatic rings. The fourth-order valence-electron chi connectivity index (χ4n) is 2.75. The monoisotopic (exact) mass is 342 g/mol. The Kier molecular flexibility index (Phi) is 7.15. The van der Waals surface area contributed by atoms with Crippen molar-refractivity contribution >= 4 is 23.7 Å². The number of carbonyl (C=O) groups excluding carboxylic acids is 3. The van der Waals surface area contributed by atoms with Crippen LogP contribution in [0.2, 0.25) is 0 Å². The van der Waals surface area contributed by atoms with Crippen molar-refractivity contribution in [3.8, 4) is 0 Å². The molecule has 3 amide bonds. The van der Waals surface area contributed by atoms with Gasteiger partial charge in [-0.3, -0.25) is 14.4 Å². The number of carbonyl (C=O) groups is 4. The zero-order valence-electron chi connectivity index (χ0n) is 14.0. The Balaban J connectivity index is 2.79. The molecule has 0 aromatic heterocycles. The molecule has 1 aliphatic heterocycles. The van der Waals surface area contributed by atoms with E-state index < -0.39 is 41.8 Å². The molecule has 1 aliphatic rings. The van der Waals surface area contributed by atoms with Crippen molar-refractivity contribution < 1.29 is 24.3 Å². The van der Waals surface area contributed by atoms with Gasteiger partial charge in [0.05, 0.1) is 12.5 Å². The molecule has 0 bridgehead atoms. The van der Waals surface area contributed by atoms with Gasteiger partial charge in [-0.05, 0) is 18.8 Å². The Morgan fingerprint density at radius 2 is 1.96 bits per heavy atom. The maximum atomic E-state index is 12.4. The summed E-state index contributed by atoms with van der Waals surface area (Å²) in [4.78, 5) is 48.3. The lowest BCUT2D eigenvalue weighted by molar-refractivity contribution is -0.145. The maximum absolute atomic E-state index is 12.4. The number of nitrogens with one attached hydrogen (secondary N) is 1. The first-order chi connectivity index (χ1) is 11.2. The van der Waals surface area contributed by atoms with Crippen LogP contribution in [0.4, 0.5) is 0 Å². The number of primary amides is 1. The molecule has 0 spiro atoms. The van der Waals surface area contributed by atoms with Gasteiger partial charge in [0.2, 0.25) is 17.7 Å². The van der Waals surface area contributed by atoms with Crippen molar-refractivity contribution in [2.75, 3.05) is 6.54 Å². The number of amides is 3. The van der Waals surface area contributed by atoms with Gasteiger partial charge in [0.25, 0.3) is 0 Å². The summed E-state index contributed by atoms with van der Waals surface area (Å²) in [5, 5.41) is 11.8. The third kappa shape index (κ3) is 4.92. The van der Waals surface area contributed by atoms with Crippen LogP contribution in [0.5, 0.6) is 0 Å². The van der Waals surface area contributed by atoms with E-state index in [0.29, 0.717) is 25.8 Å². The van der Waals surface area contributed by atoms with Gasteiger partial charge in [-0.25, -0.2) is 4.79 Å². The van der Waals surface area contributed by atoms with Gasteiger partial charge in [-0.1, -0.05) is 20.3 Å². The predicted octanol–water partition coefficient (Wildman–Crippen LogP) is -1.20. The van der Waals surface area contributed by atoms with Crippen molar-refractivity contribution in [3.05, 3.63) is 0 Å². The number of hydrogen-bond acceptors (Lipinski definition) is 5. The number of carboxylic acid groups (broad SMARTS) is 1. The summed E-state index contributed by atoms with van der Waals surface area (Å²) in [5.41, 5.74) is 10.7. The third-order valence-electron chi connectivity index (χ3n) is 4.35. The molecule has 1 rings (SSSR count). The Morgan fingerprint density at radius 3 is 2.46 bits per heavy atom. The molecule has 1 saturated heterocycles. The van der Waals surface area contributed by atoms with Crippen LogP contribution in [0.25, 0.3) is 0 Å². The van der Waals surface area contributed by atoms with Gasteiger partial charge < -0.3 is 26.8 Å². The van der Waals surface area contributed by atoms with Crippen LogP contribution in [0.3, 0.4) is 0 Å². The van der Waals surface area contributed by atoms with Crippen LogP contribution in [0.15, 0.2) is 0 Å². The standard InChI is InChI=1S/C15H26N4O5/c1-3-8(2)12(15(23)24)18-13(21)10-5-4-6-19(10)14(22)9(16)7-11(17)20/h8-10,12H,3-7,16H2,1-2H3,(H2,17,20)(H,18,21)(H,23,24)/t8-,9-,10-,12-/m0/s1. The van der Waals surface area contributed by atoms with Crippen LogP contribution >= 0.6 is 0 Å². The lowest BCUT2D eigenvalue weighted by Gasteiger charge is -2.28. The molecular formula is C15H26N4O5. The first kappa shape index (κ1) is 19.9. The molecule has 0 radical (unpaired) electrons. The van der Waals surface area contributed by atoms with Crippen molar-refractivity contribution in [1.29, 1.82) is 0 Å². The summed E-state index contributed by atoms with van der Waals surface area (Å²) in [5.74, 6) is -3.09. The van der Waals surface area contributed by atoms with E-state index in [0.717, 1.165) is 0 Å². The van der Waals surface area contributed by atoms with Gasteiger partial charge in [-0.2, -0.15) is 0 Å². The Labute approximate surface area is 140 Å². The molecule has 6 N–H and O–H groups in total. The minimum Gasteiger partial charge on any atom is -0.480 e. The highest BCUT2D eigenvalue weighted by atomic mass is 16.4. The van der Waals surface area contributed by atoms with Crippen LogP contribution in [0, 0.1) is 5.92 Å². The Morgan fingerprint density at radius 1 is 1.33 bits per heavy atom. The van der Waals surface area contributed by atoms with Crippen LogP contribution in [0.1, 0.15) is 39.5 Å². The number of carboxylic acids is 1. The number of nitrogens with zero attached hydrogens (tertiary/aromatic N) is 1. The number of nitrogens with two attached hydrogens (primary N) is 2. The predicted molar refractivity (Wildman–Crippen MR) is 85.5 cm³/mol. The highest BCUT2D eigenvalue weighted by molar-refractivity contribution is 5.93. The van der Waals surface area contributed by atoms with E-state index in [9.17, 15) is 24.3 Å². The molecule has 1 heterocycles. The van der Waals surface area contributed by atoms with Crippen molar-refractivity contribution in [1.82, 2.24) is 10.2 Å². The molecule has 1 fully saturated rings. The van der Waals surface area contributed by atoms with Crippen molar-refractivity contribution in [2.24, 2.45) is 17.4 Å². The molecule has 0 aromatic carbocycles. The second-order valence-corrected chi connectivity index (χ2v) is 6.18. The van der Waals surface area contributed by atoms with Gasteiger partial charge in [-0.15, -0.1) is 0 Å². The SMILES string of the molecule is CC[C@H](C)[C@H](NC(=O)[C@@H]1CCCN1C(=O)[C@@H](N)CC(N)=O)C(=O)O. The van der Waals surface area contributed by atoms with Crippen molar-refractivity contribution in [2.45, 2.75) is 57.7 Å². The molecular weight excluding hydrogens is 316 g/mol. The number of hydrogen-bond donors (Lipinski definition) is 4. The maximum Gasteiger partial charge on any atom is 0.326 e. The van der Waals surface area contributed by atoms with Crippen LogP contribution < -0.4 is 16.8 Å². The molecule has 9 nitrogen and oxygen atoms in total. The minimum absolute atomic E-state index is 0.242. The van der Waals surface area contributed by atoms with E-state index in [1.807, 2.05) is 6.92 Å². The lowest BCUT2D eigenvalue weighted by atomic mass is 9.98. The molecule has 136 valence electrons. The molecule has 24 heavy (non-hydrogen) atoms. The highest BCUT2D eigenvalue weighted by Gasteiger charge is 2.38. The van der Waals surface area contributed by atoms with E-state index >= 15 is 0 Å². The zero-order chi connectivity index (χ0) is 18.4. The molecule has 0 saturated carbocycles. The molecule has 9 heteroatoms. The first-order valence-electron chi connectivity index (χ1n) is 8.06. The Hall–Kier alpha value is -2.16. The largest absolute Gasteiger partial charge is 0.480 e. The van der Waals surface area contributed by atoms with Crippen LogP contribution in [-0.4, -0.2) is 58.4 Å². The topological polar surface area (TPSA) is 156 Å². The van der Waals surface area contributed by atoms with Crippen molar-refractivity contribution in [3.63, 3.8) is 0 Å². The smallest absolute Gasteiger partial charge is 0.326 e. The first-order valence-corrected chi connectivity index (χ1v) is 8.06. The molecule has 0 unspecified atom stereocenters. The fourth-order valence-corrected chi connectivity index (χ4v) is 2.75. The van der Waals surface area contributed by atoms with E-state index in [1.54, 1.807) is 6.92 Å². The summed E-state index contributed by atoms with van der Waals surface area (Å²) in [7, 11) is 0. The lowest BCUT2D eigenvalue weighted by Crippen LogP contribution is -2.55. The summed E-state index contributed by atoms with van der Waals surface area (Å²) < 4.78 is 0. The van der Waals surface area contributed by atoms with E-state index in [1.165, 1.54) is 4.90 Å². The Bertz CT molecular complexity index is 510. The highest BCUT2D eigenvalue weighted by Crippen LogP contribution is 2.20. The molecule has 0 aliphatic carbocycles. The number of rotatable bonds is 8. The normalized spacial score (nSPS) is 21.0. The quantitative estimate of drug-likeness (QED) is 0.434. The van der Waals surface area contributed by atoms with Gasteiger partial charge >= 0.3 is 5.97 Å². The summed E-state index contributed by atoms with van der Waals surface area (Å²) in [6.45, 7) is 3.91. The third-order valence-corrected chi connectivity index (χ3v) is 4.35. The number of aliphatic carboxylic acids is 1.